The fourth-order valence-electron chi connectivity index (χ4n) is 1.72. The molecule has 0 saturated heterocycles. The second kappa shape index (κ2) is 13.2. The molecule has 0 aliphatic heterocycles. The van der Waals surface area contributed by atoms with E-state index in [9.17, 15) is 0 Å². The first kappa shape index (κ1) is 17.8. The summed E-state index contributed by atoms with van der Waals surface area (Å²) in [5, 5.41) is 6.71. The van der Waals surface area contributed by atoms with Crippen LogP contribution in [0.5, 0.6) is 0 Å². The van der Waals surface area contributed by atoms with E-state index in [2.05, 4.69) is 10.6 Å². The van der Waals surface area contributed by atoms with E-state index in [1.807, 2.05) is 0 Å². The minimum atomic E-state index is 0.227. The predicted molar refractivity (Wildman–Crippen MR) is 78.3 cm³/mol. The molecule has 6 nitrogen and oxygen atoms in total. The average molecular weight is 260 g/mol. The lowest BCUT2D eigenvalue weighted by atomic mass is 10.1. The molecule has 0 fully saturated rings. The Morgan fingerprint density at radius 1 is 0.611 bits per heavy atom. The first-order chi connectivity index (χ1) is 8.70. The molecule has 0 heterocycles. The zero-order valence-corrected chi connectivity index (χ0v) is 11.5. The SMILES string of the molecule is NCCC(N)CCNCCNCCC(N)CCN. The monoisotopic (exact) mass is 260 g/mol. The molecule has 6 heteroatoms. The maximum Gasteiger partial charge on any atom is 0.00767 e. The lowest BCUT2D eigenvalue weighted by Crippen LogP contribution is -2.34. The Hall–Kier alpha value is -0.240. The van der Waals surface area contributed by atoms with Crippen molar-refractivity contribution in [3.63, 3.8) is 0 Å². The fourth-order valence-corrected chi connectivity index (χ4v) is 1.72. The predicted octanol–water partition coefficient (Wildman–Crippen LogP) is -1.70. The standard InChI is InChI=1S/C12H32N6/c13-5-1-11(15)3-7-17-9-10-18-8-4-12(16)2-6-14/h11-12,17-18H,1-10,13-16H2. The highest BCUT2D eigenvalue weighted by Crippen LogP contribution is 1.91. The van der Waals surface area contributed by atoms with Crippen LogP contribution >= 0.6 is 0 Å². The van der Waals surface area contributed by atoms with Gasteiger partial charge in [-0.1, -0.05) is 0 Å². The van der Waals surface area contributed by atoms with E-state index in [1.165, 1.54) is 0 Å². The van der Waals surface area contributed by atoms with E-state index >= 15 is 0 Å². The van der Waals surface area contributed by atoms with Gasteiger partial charge in [0.1, 0.15) is 0 Å². The summed E-state index contributed by atoms with van der Waals surface area (Å²) < 4.78 is 0. The Kier molecular flexibility index (Phi) is 13.0. The smallest absolute Gasteiger partial charge is 0.00767 e. The molecule has 0 aromatic rings. The van der Waals surface area contributed by atoms with Gasteiger partial charge in [-0.25, -0.2) is 0 Å². The molecular weight excluding hydrogens is 228 g/mol. The summed E-state index contributed by atoms with van der Waals surface area (Å²) in [6.45, 7) is 5.17. The molecule has 0 aliphatic carbocycles. The molecule has 0 amide bonds. The van der Waals surface area contributed by atoms with Crippen LogP contribution < -0.4 is 33.6 Å². The van der Waals surface area contributed by atoms with Gasteiger partial charge in [0.15, 0.2) is 0 Å². The number of hydrogen-bond donors (Lipinski definition) is 6. The molecule has 0 aromatic heterocycles. The van der Waals surface area contributed by atoms with Crippen molar-refractivity contribution in [2.75, 3.05) is 39.3 Å². The molecule has 10 N–H and O–H groups in total. The maximum absolute atomic E-state index is 5.85. The van der Waals surface area contributed by atoms with Crippen molar-refractivity contribution in [3.8, 4) is 0 Å². The van der Waals surface area contributed by atoms with Crippen LogP contribution in [0.2, 0.25) is 0 Å². The first-order valence-electron chi connectivity index (χ1n) is 7.03. The molecule has 0 rings (SSSR count). The van der Waals surface area contributed by atoms with Crippen LogP contribution in [-0.2, 0) is 0 Å². The Bertz CT molecular complexity index is 149. The van der Waals surface area contributed by atoms with Gasteiger partial charge in [0.05, 0.1) is 0 Å². The Balaban J connectivity index is 3.11. The Morgan fingerprint density at radius 2 is 1.00 bits per heavy atom. The van der Waals surface area contributed by atoms with Crippen molar-refractivity contribution in [1.82, 2.24) is 10.6 Å². The second-order valence-corrected chi connectivity index (χ2v) is 4.75. The molecule has 110 valence electrons. The topological polar surface area (TPSA) is 128 Å². The highest BCUT2D eigenvalue weighted by Gasteiger charge is 2.01. The van der Waals surface area contributed by atoms with Crippen LogP contribution in [0.3, 0.4) is 0 Å². The van der Waals surface area contributed by atoms with Crippen LogP contribution in [0.15, 0.2) is 0 Å². The Morgan fingerprint density at radius 3 is 1.33 bits per heavy atom. The van der Waals surface area contributed by atoms with Gasteiger partial charge in [0.25, 0.3) is 0 Å². The lowest BCUT2D eigenvalue weighted by Gasteiger charge is -2.12. The summed E-state index contributed by atoms with van der Waals surface area (Å²) in [5.74, 6) is 0. The van der Waals surface area contributed by atoms with Crippen molar-refractivity contribution >= 4 is 0 Å². The Labute approximate surface area is 111 Å². The van der Waals surface area contributed by atoms with Gasteiger partial charge in [-0.3, -0.25) is 0 Å². The zero-order chi connectivity index (χ0) is 13.6. The van der Waals surface area contributed by atoms with E-state index in [0.29, 0.717) is 13.1 Å². The van der Waals surface area contributed by atoms with Gasteiger partial charge in [0.2, 0.25) is 0 Å². The average Bonchev–Trinajstić information content (AvgIpc) is 2.33. The van der Waals surface area contributed by atoms with Crippen molar-refractivity contribution in [2.45, 2.75) is 37.8 Å². The molecule has 0 aromatic carbocycles. The van der Waals surface area contributed by atoms with Crippen LogP contribution in [0.4, 0.5) is 0 Å². The molecular formula is C12H32N6. The number of rotatable bonds is 13. The largest absolute Gasteiger partial charge is 0.330 e. The summed E-state index contributed by atoms with van der Waals surface area (Å²) in [4.78, 5) is 0. The van der Waals surface area contributed by atoms with Crippen LogP contribution in [0.25, 0.3) is 0 Å². The summed E-state index contributed by atoms with van der Waals surface area (Å²) in [6, 6.07) is 0.453. The molecule has 18 heavy (non-hydrogen) atoms. The maximum atomic E-state index is 5.85. The van der Waals surface area contributed by atoms with Crippen LogP contribution in [0, 0.1) is 0 Å². The molecule has 0 saturated carbocycles. The van der Waals surface area contributed by atoms with Gasteiger partial charge in [0, 0.05) is 25.2 Å². The molecule has 0 spiro atoms. The van der Waals surface area contributed by atoms with Gasteiger partial charge in [-0.2, -0.15) is 0 Å². The quantitative estimate of drug-likeness (QED) is 0.219. The van der Waals surface area contributed by atoms with Gasteiger partial charge >= 0.3 is 0 Å². The summed E-state index contributed by atoms with van der Waals surface area (Å²) in [6.07, 6.45) is 3.77. The van der Waals surface area contributed by atoms with Crippen LogP contribution in [0.1, 0.15) is 25.7 Å². The normalized spacial score (nSPS) is 14.7. The number of nitrogens with two attached hydrogens (primary N) is 4. The van der Waals surface area contributed by atoms with Crippen molar-refractivity contribution < 1.29 is 0 Å². The summed E-state index contributed by atoms with van der Waals surface area (Å²) >= 11 is 0. The second-order valence-electron chi connectivity index (χ2n) is 4.75. The lowest BCUT2D eigenvalue weighted by molar-refractivity contribution is 0.510. The van der Waals surface area contributed by atoms with Crippen molar-refractivity contribution in [2.24, 2.45) is 22.9 Å². The minimum absolute atomic E-state index is 0.227. The number of nitrogens with one attached hydrogen (secondary N) is 2. The van der Waals surface area contributed by atoms with Crippen molar-refractivity contribution in [1.29, 1.82) is 0 Å². The molecule has 2 unspecified atom stereocenters. The van der Waals surface area contributed by atoms with E-state index < -0.39 is 0 Å². The van der Waals surface area contributed by atoms with Gasteiger partial charge in [-0.05, 0) is 51.9 Å². The molecule has 0 bridgehead atoms. The summed E-state index contributed by atoms with van der Waals surface area (Å²) in [7, 11) is 0. The molecule has 0 radical (unpaired) electrons. The van der Waals surface area contributed by atoms with Crippen LogP contribution in [-0.4, -0.2) is 51.4 Å². The fraction of sp³-hybridized carbons (Fsp3) is 1.00. The van der Waals surface area contributed by atoms with E-state index in [4.69, 9.17) is 22.9 Å². The highest BCUT2D eigenvalue weighted by atomic mass is 14.9. The third-order valence-electron chi connectivity index (χ3n) is 2.94. The summed E-state index contributed by atoms with van der Waals surface area (Å²) in [5.41, 5.74) is 22.6. The first-order valence-corrected chi connectivity index (χ1v) is 7.03. The van der Waals surface area contributed by atoms with E-state index in [1.54, 1.807) is 0 Å². The van der Waals surface area contributed by atoms with E-state index in [-0.39, 0.29) is 12.1 Å². The highest BCUT2D eigenvalue weighted by molar-refractivity contribution is 4.65. The molecule has 2 atom stereocenters. The minimum Gasteiger partial charge on any atom is -0.330 e. The van der Waals surface area contributed by atoms with Gasteiger partial charge < -0.3 is 33.6 Å². The third-order valence-corrected chi connectivity index (χ3v) is 2.94. The third kappa shape index (κ3) is 12.2. The van der Waals surface area contributed by atoms with Gasteiger partial charge in [-0.15, -0.1) is 0 Å². The molecule has 0 aliphatic rings. The van der Waals surface area contributed by atoms with E-state index in [0.717, 1.165) is 51.9 Å². The zero-order valence-electron chi connectivity index (χ0n) is 11.5. The number of hydrogen-bond acceptors (Lipinski definition) is 6. The van der Waals surface area contributed by atoms with Crippen molar-refractivity contribution in [3.05, 3.63) is 0 Å².